The van der Waals surface area contributed by atoms with E-state index in [1.54, 1.807) is 0 Å². The molecule has 2 atom stereocenters. The highest BCUT2D eigenvalue weighted by Crippen LogP contribution is 2.27. The Kier molecular flexibility index (Phi) is 5.14. The lowest BCUT2D eigenvalue weighted by Gasteiger charge is -2.28. The summed E-state index contributed by atoms with van der Waals surface area (Å²) in [6, 6.07) is 0.403. The number of hydrogen-bond donors (Lipinski definition) is 2. The Bertz CT molecular complexity index is 135. The number of nitrogens with one attached hydrogen (secondary N) is 1. The summed E-state index contributed by atoms with van der Waals surface area (Å²) < 4.78 is 0. The molecule has 3 N–H and O–H groups in total. The van der Waals surface area contributed by atoms with Crippen LogP contribution in [-0.2, 0) is 0 Å². The third-order valence-electron chi connectivity index (χ3n) is 1.93. The van der Waals surface area contributed by atoms with Gasteiger partial charge in [-0.2, -0.15) is 23.5 Å². The van der Waals surface area contributed by atoms with E-state index in [2.05, 4.69) is 12.0 Å². The molecule has 0 aromatic heterocycles. The van der Waals surface area contributed by atoms with E-state index in [1.807, 2.05) is 29.6 Å². The summed E-state index contributed by atoms with van der Waals surface area (Å²) >= 11 is 4.05. The number of rotatable bonds is 4. The Morgan fingerprint density at radius 1 is 1.67 bits per heavy atom. The van der Waals surface area contributed by atoms with Gasteiger partial charge in [-0.15, -0.1) is 6.58 Å². The summed E-state index contributed by atoms with van der Waals surface area (Å²) in [5.41, 5.74) is 2.87. The highest BCUT2D eigenvalue weighted by Gasteiger charge is 2.22. The van der Waals surface area contributed by atoms with Gasteiger partial charge >= 0.3 is 0 Å². The SMILES string of the molecule is C=CCC(NN)C1CSCCS1. The predicted octanol–water partition coefficient (Wildman–Crippen LogP) is 1.24. The van der Waals surface area contributed by atoms with Crippen molar-refractivity contribution in [3.8, 4) is 0 Å². The molecule has 70 valence electrons. The average Bonchev–Trinajstić information content (AvgIpc) is 2.15. The maximum Gasteiger partial charge on any atom is 0.0371 e. The smallest absolute Gasteiger partial charge is 0.0371 e. The molecule has 1 heterocycles. The molecular weight excluding hydrogens is 188 g/mol. The van der Waals surface area contributed by atoms with Crippen LogP contribution in [0.2, 0.25) is 0 Å². The molecule has 2 nitrogen and oxygen atoms in total. The lowest BCUT2D eigenvalue weighted by atomic mass is 10.1. The standard InChI is InChI=1S/C8H16N2S2/c1-2-3-7(10-9)8-6-11-4-5-12-8/h2,7-8,10H,1,3-6,9H2. The molecule has 1 saturated heterocycles. The molecule has 2 unspecified atom stereocenters. The fraction of sp³-hybridized carbons (Fsp3) is 0.750. The van der Waals surface area contributed by atoms with Crippen molar-refractivity contribution in [3.05, 3.63) is 12.7 Å². The third kappa shape index (κ3) is 3.01. The lowest BCUT2D eigenvalue weighted by molar-refractivity contribution is 0.532. The van der Waals surface area contributed by atoms with E-state index in [0.717, 1.165) is 6.42 Å². The van der Waals surface area contributed by atoms with Crippen molar-refractivity contribution in [2.45, 2.75) is 17.7 Å². The van der Waals surface area contributed by atoms with Gasteiger partial charge in [0, 0.05) is 28.6 Å². The summed E-state index contributed by atoms with van der Waals surface area (Å²) in [5.74, 6) is 9.22. The Hall–Kier alpha value is 0.360. The van der Waals surface area contributed by atoms with Crippen LogP contribution < -0.4 is 11.3 Å². The van der Waals surface area contributed by atoms with Gasteiger partial charge in [0.05, 0.1) is 0 Å². The summed E-state index contributed by atoms with van der Waals surface area (Å²) in [7, 11) is 0. The van der Waals surface area contributed by atoms with Crippen LogP contribution >= 0.6 is 23.5 Å². The van der Waals surface area contributed by atoms with Crippen LogP contribution in [-0.4, -0.2) is 28.6 Å². The molecule has 0 bridgehead atoms. The summed E-state index contributed by atoms with van der Waals surface area (Å²) in [6.45, 7) is 3.73. The zero-order valence-corrected chi connectivity index (χ0v) is 8.79. The van der Waals surface area contributed by atoms with Crippen molar-refractivity contribution in [1.29, 1.82) is 0 Å². The average molecular weight is 204 g/mol. The van der Waals surface area contributed by atoms with E-state index >= 15 is 0 Å². The highest BCUT2D eigenvalue weighted by molar-refractivity contribution is 8.06. The van der Waals surface area contributed by atoms with Crippen LogP contribution in [0.15, 0.2) is 12.7 Å². The van der Waals surface area contributed by atoms with E-state index < -0.39 is 0 Å². The van der Waals surface area contributed by atoms with Crippen molar-refractivity contribution in [1.82, 2.24) is 5.43 Å². The topological polar surface area (TPSA) is 38.0 Å². The first-order valence-corrected chi connectivity index (χ1v) is 6.35. The van der Waals surface area contributed by atoms with Crippen molar-refractivity contribution in [3.63, 3.8) is 0 Å². The Morgan fingerprint density at radius 3 is 3.00 bits per heavy atom. The van der Waals surface area contributed by atoms with Crippen LogP contribution in [0.1, 0.15) is 6.42 Å². The van der Waals surface area contributed by atoms with Gasteiger partial charge in [-0.05, 0) is 6.42 Å². The molecule has 0 radical (unpaired) electrons. The maximum atomic E-state index is 5.47. The van der Waals surface area contributed by atoms with Crippen molar-refractivity contribution >= 4 is 23.5 Å². The second-order valence-corrected chi connectivity index (χ2v) is 5.28. The fourth-order valence-corrected chi connectivity index (χ4v) is 4.13. The molecule has 4 heteroatoms. The molecule has 0 aromatic carbocycles. The largest absolute Gasteiger partial charge is 0.271 e. The summed E-state index contributed by atoms with van der Waals surface area (Å²) in [4.78, 5) is 0. The number of nitrogens with two attached hydrogens (primary N) is 1. The Balaban J connectivity index is 2.34. The van der Waals surface area contributed by atoms with Gasteiger partial charge in [-0.1, -0.05) is 6.08 Å². The Labute approximate surface area is 82.7 Å². The zero-order valence-electron chi connectivity index (χ0n) is 7.16. The van der Waals surface area contributed by atoms with Crippen LogP contribution in [0.5, 0.6) is 0 Å². The van der Waals surface area contributed by atoms with Gasteiger partial charge in [-0.3, -0.25) is 11.3 Å². The van der Waals surface area contributed by atoms with E-state index in [4.69, 9.17) is 5.84 Å². The molecule has 0 saturated carbocycles. The monoisotopic (exact) mass is 204 g/mol. The molecule has 12 heavy (non-hydrogen) atoms. The van der Waals surface area contributed by atoms with Gasteiger partial charge in [0.15, 0.2) is 0 Å². The van der Waals surface area contributed by atoms with Gasteiger partial charge < -0.3 is 0 Å². The third-order valence-corrected chi connectivity index (χ3v) is 4.85. The second-order valence-electron chi connectivity index (χ2n) is 2.78. The Morgan fingerprint density at radius 2 is 2.50 bits per heavy atom. The van der Waals surface area contributed by atoms with Crippen molar-refractivity contribution in [2.75, 3.05) is 17.3 Å². The summed E-state index contributed by atoms with van der Waals surface area (Å²) in [5, 5.41) is 0.659. The molecule has 1 aliphatic rings. The van der Waals surface area contributed by atoms with Crippen LogP contribution in [0.25, 0.3) is 0 Å². The first-order valence-electron chi connectivity index (χ1n) is 4.15. The minimum atomic E-state index is 0.403. The van der Waals surface area contributed by atoms with Gasteiger partial charge in [0.1, 0.15) is 0 Å². The minimum absolute atomic E-state index is 0.403. The van der Waals surface area contributed by atoms with Crippen molar-refractivity contribution in [2.24, 2.45) is 5.84 Å². The minimum Gasteiger partial charge on any atom is -0.271 e. The molecule has 0 aromatic rings. The van der Waals surface area contributed by atoms with Crippen LogP contribution in [0.4, 0.5) is 0 Å². The highest BCUT2D eigenvalue weighted by atomic mass is 32.2. The lowest BCUT2D eigenvalue weighted by Crippen LogP contribution is -2.44. The van der Waals surface area contributed by atoms with Crippen LogP contribution in [0.3, 0.4) is 0 Å². The molecular formula is C8H16N2S2. The first kappa shape index (κ1) is 10.4. The first-order chi connectivity index (χ1) is 5.88. The molecule has 0 spiro atoms. The molecule has 0 amide bonds. The predicted molar refractivity (Wildman–Crippen MR) is 59.5 cm³/mol. The zero-order chi connectivity index (χ0) is 8.81. The van der Waals surface area contributed by atoms with Crippen LogP contribution in [0, 0.1) is 0 Å². The van der Waals surface area contributed by atoms with E-state index in [0.29, 0.717) is 11.3 Å². The number of hydrazine groups is 1. The molecule has 1 rings (SSSR count). The normalized spacial score (nSPS) is 26.6. The molecule has 0 aliphatic carbocycles. The van der Waals surface area contributed by atoms with E-state index in [1.165, 1.54) is 17.3 Å². The van der Waals surface area contributed by atoms with E-state index in [9.17, 15) is 0 Å². The summed E-state index contributed by atoms with van der Waals surface area (Å²) in [6.07, 6.45) is 2.90. The van der Waals surface area contributed by atoms with Gasteiger partial charge in [0.2, 0.25) is 0 Å². The number of thioether (sulfide) groups is 2. The number of hydrogen-bond acceptors (Lipinski definition) is 4. The maximum absolute atomic E-state index is 5.47. The quantitative estimate of drug-likeness (QED) is 0.410. The van der Waals surface area contributed by atoms with Gasteiger partial charge in [0.25, 0.3) is 0 Å². The van der Waals surface area contributed by atoms with Crippen molar-refractivity contribution < 1.29 is 0 Å². The van der Waals surface area contributed by atoms with Gasteiger partial charge in [-0.25, -0.2) is 0 Å². The fourth-order valence-electron chi connectivity index (χ4n) is 1.25. The molecule has 1 aliphatic heterocycles. The van der Waals surface area contributed by atoms with E-state index in [-0.39, 0.29) is 0 Å². The molecule has 1 fully saturated rings. The second kappa shape index (κ2) is 5.91.